The third-order valence-electron chi connectivity index (χ3n) is 5.83. The zero-order valence-electron chi connectivity index (χ0n) is 17.1. The molecular weight excluding hydrogens is 376 g/mol. The largest absolute Gasteiger partial charge is 0.339 e. The van der Waals surface area contributed by atoms with E-state index in [0.29, 0.717) is 35.8 Å². The fourth-order valence-corrected chi connectivity index (χ4v) is 3.80. The predicted octanol–water partition coefficient (Wildman–Crippen LogP) is -1.35. The molecular formula is C18H27N8O3+. The van der Waals surface area contributed by atoms with Gasteiger partial charge in [0.15, 0.2) is 17.0 Å². The van der Waals surface area contributed by atoms with Gasteiger partial charge >= 0.3 is 5.69 Å². The van der Waals surface area contributed by atoms with E-state index in [2.05, 4.69) is 27.5 Å². The summed E-state index contributed by atoms with van der Waals surface area (Å²) in [5.41, 5.74) is 0.0214. The second-order valence-electron chi connectivity index (χ2n) is 7.96. The van der Waals surface area contributed by atoms with Gasteiger partial charge in [-0.1, -0.05) is 5.16 Å². The Labute approximate surface area is 167 Å². The van der Waals surface area contributed by atoms with Gasteiger partial charge in [-0.3, -0.25) is 13.9 Å². The van der Waals surface area contributed by atoms with Crippen LogP contribution in [0.5, 0.6) is 0 Å². The van der Waals surface area contributed by atoms with Crippen molar-refractivity contribution >= 4 is 11.2 Å². The van der Waals surface area contributed by atoms with Crippen LogP contribution in [0.25, 0.3) is 11.2 Å². The molecule has 1 aliphatic heterocycles. The van der Waals surface area contributed by atoms with E-state index in [1.807, 2.05) is 0 Å². The van der Waals surface area contributed by atoms with E-state index in [1.165, 1.54) is 11.6 Å². The van der Waals surface area contributed by atoms with Crippen LogP contribution in [-0.4, -0.2) is 73.1 Å². The molecule has 0 bridgehead atoms. The summed E-state index contributed by atoms with van der Waals surface area (Å²) >= 11 is 0. The Morgan fingerprint density at radius 3 is 2.69 bits per heavy atom. The van der Waals surface area contributed by atoms with Crippen LogP contribution in [-0.2, 0) is 33.5 Å². The Morgan fingerprint density at radius 2 is 1.93 bits per heavy atom. The number of aryl methyl sites for hydroxylation is 3. The topological polar surface area (TPSA) is 113 Å². The maximum atomic E-state index is 12.5. The Bertz CT molecular complexity index is 1130. The highest BCUT2D eigenvalue weighted by Gasteiger charge is 2.25. The standard InChI is InChI=1S/C18H27N8O3/c1-23-16-15(17(27)24(2)18(23)28)25(12-20-16)8-4-13-21-14(29-22-13)5-9-26(3)10-6-19-7-11-26/h12,19H,4-11H2,1-3H3/q+1. The lowest BCUT2D eigenvalue weighted by atomic mass is 10.2. The van der Waals surface area contributed by atoms with E-state index < -0.39 is 5.69 Å². The third-order valence-corrected chi connectivity index (χ3v) is 5.83. The Morgan fingerprint density at radius 1 is 1.17 bits per heavy atom. The number of hydrogen-bond donors (Lipinski definition) is 1. The van der Waals surface area contributed by atoms with E-state index in [-0.39, 0.29) is 5.56 Å². The summed E-state index contributed by atoms with van der Waals surface area (Å²) in [6.45, 7) is 5.73. The number of nitrogens with zero attached hydrogens (tertiary/aromatic N) is 7. The van der Waals surface area contributed by atoms with Crippen LogP contribution in [0, 0.1) is 0 Å². The van der Waals surface area contributed by atoms with Crippen molar-refractivity contribution in [3.05, 3.63) is 38.9 Å². The second-order valence-corrected chi connectivity index (χ2v) is 7.96. The van der Waals surface area contributed by atoms with Gasteiger partial charge in [0.1, 0.15) is 0 Å². The molecule has 11 nitrogen and oxygen atoms in total. The molecule has 156 valence electrons. The minimum absolute atomic E-state index is 0.359. The monoisotopic (exact) mass is 403 g/mol. The molecule has 1 N–H and O–H groups in total. The van der Waals surface area contributed by atoms with E-state index in [4.69, 9.17) is 4.52 Å². The van der Waals surface area contributed by atoms with E-state index >= 15 is 0 Å². The van der Waals surface area contributed by atoms with Gasteiger partial charge in [-0.05, 0) is 0 Å². The molecule has 1 saturated heterocycles. The van der Waals surface area contributed by atoms with Crippen molar-refractivity contribution in [2.24, 2.45) is 14.1 Å². The molecule has 3 aromatic heterocycles. The molecule has 0 unspecified atom stereocenters. The van der Waals surface area contributed by atoms with Crippen molar-refractivity contribution in [1.29, 1.82) is 0 Å². The minimum atomic E-state index is -0.392. The lowest BCUT2D eigenvalue weighted by Crippen LogP contribution is -2.56. The first-order chi connectivity index (χ1) is 13.9. The molecule has 11 heteroatoms. The Kier molecular flexibility index (Phi) is 5.09. The van der Waals surface area contributed by atoms with Crippen molar-refractivity contribution in [3.63, 3.8) is 0 Å². The summed E-state index contributed by atoms with van der Waals surface area (Å²) in [6, 6.07) is 0. The van der Waals surface area contributed by atoms with Crippen LogP contribution in [0.15, 0.2) is 20.4 Å². The summed E-state index contributed by atoms with van der Waals surface area (Å²) in [7, 11) is 5.33. The fourth-order valence-electron chi connectivity index (χ4n) is 3.80. The lowest BCUT2D eigenvalue weighted by Gasteiger charge is -2.37. The van der Waals surface area contributed by atoms with Crippen LogP contribution < -0.4 is 16.6 Å². The van der Waals surface area contributed by atoms with Crippen molar-refractivity contribution in [3.8, 4) is 0 Å². The highest BCUT2D eigenvalue weighted by Crippen LogP contribution is 2.10. The maximum absolute atomic E-state index is 12.5. The Hall–Kier alpha value is -2.79. The normalized spacial score (nSPS) is 16.5. The van der Waals surface area contributed by atoms with Crippen molar-refractivity contribution in [2.75, 3.05) is 39.8 Å². The van der Waals surface area contributed by atoms with Gasteiger partial charge in [0.2, 0.25) is 5.89 Å². The number of piperazine rings is 1. The minimum Gasteiger partial charge on any atom is -0.339 e. The molecule has 1 aliphatic rings. The maximum Gasteiger partial charge on any atom is 0.332 e. The van der Waals surface area contributed by atoms with Gasteiger partial charge in [-0.2, -0.15) is 4.98 Å². The van der Waals surface area contributed by atoms with Crippen LogP contribution in [0.4, 0.5) is 0 Å². The molecule has 1 fully saturated rings. The van der Waals surface area contributed by atoms with Crippen LogP contribution in [0.3, 0.4) is 0 Å². The molecule has 3 aromatic rings. The summed E-state index contributed by atoms with van der Waals surface area (Å²) < 4.78 is 10.6. The highest BCUT2D eigenvalue weighted by atomic mass is 16.5. The molecule has 4 rings (SSSR count). The molecule has 0 atom stereocenters. The summed E-state index contributed by atoms with van der Waals surface area (Å²) in [6.07, 6.45) is 2.83. The van der Waals surface area contributed by atoms with E-state index in [1.54, 1.807) is 17.9 Å². The zero-order chi connectivity index (χ0) is 20.6. The van der Waals surface area contributed by atoms with Crippen LogP contribution in [0.1, 0.15) is 11.7 Å². The molecule has 0 radical (unpaired) electrons. The first-order valence-electron chi connectivity index (χ1n) is 9.84. The van der Waals surface area contributed by atoms with Crippen molar-refractivity contribution < 1.29 is 9.01 Å². The summed E-state index contributed by atoms with van der Waals surface area (Å²) in [5, 5.41) is 7.46. The molecule has 29 heavy (non-hydrogen) atoms. The van der Waals surface area contributed by atoms with E-state index in [0.717, 1.165) is 48.2 Å². The van der Waals surface area contributed by atoms with Crippen LogP contribution in [0.2, 0.25) is 0 Å². The van der Waals surface area contributed by atoms with Crippen molar-refractivity contribution in [2.45, 2.75) is 19.4 Å². The highest BCUT2D eigenvalue weighted by molar-refractivity contribution is 5.69. The molecule has 0 amide bonds. The van der Waals surface area contributed by atoms with Gasteiger partial charge in [0.25, 0.3) is 5.56 Å². The third kappa shape index (κ3) is 3.75. The quantitative estimate of drug-likeness (QED) is 0.507. The summed E-state index contributed by atoms with van der Waals surface area (Å²) in [5.74, 6) is 1.25. The molecule has 0 spiro atoms. The number of aromatic nitrogens is 6. The van der Waals surface area contributed by atoms with Gasteiger partial charge < -0.3 is 18.9 Å². The second kappa shape index (κ2) is 7.56. The number of quaternary nitrogens is 1. The predicted molar refractivity (Wildman–Crippen MR) is 106 cm³/mol. The number of nitrogens with one attached hydrogen (secondary N) is 1. The number of rotatable bonds is 6. The SMILES string of the molecule is Cn1c(=O)c2c(ncn2CCc2noc(CC[N+]3(C)CCNCC3)n2)n(C)c1=O. The number of fused-ring (bicyclic) bond motifs is 1. The Balaban J connectivity index is 1.44. The van der Waals surface area contributed by atoms with E-state index in [9.17, 15) is 9.59 Å². The first kappa shape index (κ1) is 19.5. The number of likely N-dealkylation sites (N-methyl/N-ethyl adjacent to an activating group) is 1. The average molecular weight is 403 g/mol. The van der Waals surface area contributed by atoms with Gasteiger partial charge in [-0.25, -0.2) is 9.78 Å². The smallest absolute Gasteiger partial charge is 0.332 e. The fraction of sp³-hybridized carbons (Fsp3) is 0.611. The van der Waals surface area contributed by atoms with Gasteiger partial charge in [-0.15, -0.1) is 0 Å². The lowest BCUT2D eigenvalue weighted by molar-refractivity contribution is -0.911. The summed E-state index contributed by atoms with van der Waals surface area (Å²) in [4.78, 5) is 33.3. The molecule has 0 aliphatic carbocycles. The van der Waals surface area contributed by atoms with Crippen molar-refractivity contribution in [1.82, 2.24) is 34.1 Å². The zero-order valence-corrected chi connectivity index (χ0v) is 17.1. The first-order valence-corrected chi connectivity index (χ1v) is 9.84. The molecule has 0 aromatic carbocycles. The van der Waals surface area contributed by atoms with Gasteiger partial charge in [0, 0.05) is 40.2 Å². The number of hydrogen-bond acceptors (Lipinski definition) is 7. The average Bonchev–Trinajstić information content (AvgIpc) is 3.35. The molecule has 4 heterocycles. The van der Waals surface area contributed by atoms with Gasteiger partial charge in [0.05, 0.1) is 39.4 Å². The van der Waals surface area contributed by atoms with Crippen LogP contribution >= 0.6 is 0 Å². The number of imidazole rings is 1. The molecule has 0 saturated carbocycles.